The summed E-state index contributed by atoms with van der Waals surface area (Å²) in [5.74, 6) is -1.03. The number of hydrogen-bond donors (Lipinski definition) is 2. The predicted molar refractivity (Wildman–Crippen MR) is 61.9 cm³/mol. The second kappa shape index (κ2) is 6.44. The van der Waals surface area contributed by atoms with Crippen LogP contribution < -0.4 is 5.32 Å². The molecule has 0 saturated heterocycles. The lowest BCUT2D eigenvalue weighted by molar-refractivity contribution is -0.149. The van der Waals surface area contributed by atoms with Gasteiger partial charge in [-0.15, -0.1) is 0 Å². The SMILES string of the molecule is C[C@H](OC[C@H](C)NC(=O)OC(C)(C)C)C(=O)O. The summed E-state index contributed by atoms with van der Waals surface area (Å²) in [5, 5.41) is 11.1. The lowest BCUT2D eigenvalue weighted by Gasteiger charge is -2.22. The molecule has 2 N–H and O–H groups in total. The average molecular weight is 247 g/mol. The fourth-order valence-corrected chi connectivity index (χ4v) is 0.910. The van der Waals surface area contributed by atoms with E-state index >= 15 is 0 Å². The molecule has 0 spiro atoms. The standard InChI is InChI=1S/C11H21NO5/c1-7(6-16-8(2)9(13)14)12-10(15)17-11(3,4)5/h7-8H,6H2,1-5H3,(H,12,15)(H,13,14)/t7-,8-/m0/s1. The summed E-state index contributed by atoms with van der Waals surface area (Å²) in [6.45, 7) is 8.55. The maximum Gasteiger partial charge on any atom is 0.407 e. The molecule has 0 bridgehead atoms. The number of carbonyl (C=O) groups excluding carboxylic acids is 1. The maximum atomic E-state index is 11.3. The van der Waals surface area contributed by atoms with E-state index in [-0.39, 0.29) is 12.6 Å². The second-order valence-electron chi connectivity index (χ2n) is 4.86. The van der Waals surface area contributed by atoms with Gasteiger partial charge in [-0.2, -0.15) is 0 Å². The molecule has 17 heavy (non-hydrogen) atoms. The fourth-order valence-electron chi connectivity index (χ4n) is 0.910. The van der Waals surface area contributed by atoms with Crippen LogP contribution in [0, 0.1) is 0 Å². The average Bonchev–Trinajstić information content (AvgIpc) is 2.10. The molecule has 0 radical (unpaired) electrons. The van der Waals surface area contributed by atoms with Gasteiger partial charge in [0.15, 0.2) is 6.10 Å². The fraction of sp³-hybridized carbons (Fsp3) is 0.818. The summed E-state index contributed by atoms with van der Waals surface area (Å²) in [6, 6.07) is -0.313. The molecule has 0 aromatic rings. The first-order valence-electron chi connectivity index (χ1n) is 5.45. The van der Waals surface area contributed by atoms with Crippen molar-refractivity contribution in [3.8, 4) is 0 Å². The van der Waals surface area contributed by atoms with E-state index in [1.807, 2.05) is 0 Å². The van der Waals surface area contributed by atoms with Crippen LogP contribution in [0.3, 0.4) is 0 Å². The minimum Gasteiger partial charge on any atom is -0.479 e. The zero-order valence-corrected chi connectivity index (χ0v) is 10.9. The molecule has 0 aliphatic heterocycles. The number of nitrogens with one attached hydrogen (secondary N) is 1. The number of ether oxygens (including phenoxy) is 2. The highest BCUT2D eigenvalue weighted by atomic mass is 16.6. The molecule has 1 amide bonds. The van der Waals surface area contributed by atoms with Crippen LogP contribution in [0.4, 0.5) is 4.79 Å². The Labute approximate surface area is 101 Å². The first-order chi connectivity index (χ1) is 7.61. The van der Waals surface area contributed by atoms with Crippen molar-refractivity contribution in [2.45, 2.75) is 52.4 Å². The van der Waals surface area contributed by atoms with E-state index in [4.69, 9.17) is 14.6 Å². The molecule has 0 heterocycles. The molecule has 6 heteroatoms. The molecule has 0 aliphatic rings. The van der Waals surface area contributed by atoms with Gasteiger partial charge < -0.3 is 19.9 Å². The van der Waals surface area contributed by atoms with Crippen molar-refractivity contribution >= 4 is 12.1 Å². The Morgan fingerprint density at radius 1 is 1.29 bits per heavy atom. The van der Waals surface area contributed by atoms with Crippen molar-refractivity contribution in [3.05, 3.63) is 0 Å². The molecule has 0 aromatic heterocycles. The van der Waals surface area contributed by atoms with Gasteiger partial charge >= 0.3 is 12.1 Å². The number of hydrogen-bond acceptors (Lipinski definition) is 4. The summed E-state index contributed by atoms with van der Waals surface area (Å²) in [7, 11) is 0. The predicted octanol–water partition coefficient (Wildman–Crippen LogP) is 1.39. The highest BCUT2D eigenvalue weighted by molar-refractivity contribution is 5.71. The molecule has 2 atom stereocenters. The Bertz CT molecular complexity index is 272. The van der Waals surface area contributed by atoms with Crippen molar-refractivity contribution in [2.75, 3.05) is 6.61 Å². The minimum atomic E-state index is -1.03. The van der Waals surface area contributed by atoms with Gasteiger partial charge in [-0.1, -0.05) is 0 Å². The minimum absolute atomic E-state index is 0.118. The first-order valence-corrected chi connectivity index (χ1v) is 5.45. The van der Waals surface area contributed by atoms with Crippen molar-refractivity contribution < 1.29 is 24.2 Å². The topological polar surface area (TPSA) is 84.9 Å². The van der Waals surface area contributed by atoms with Crippen LogP contribution >= 0.6 is 0 Å². The largest absolute Gasteiger partial charge is 0.479 e. The number of amides is 1. The third kappa shape index (κ3) is 8.50. The molecule has 0 unspecified atom stereocenters. The number of carboxylic acids is 1. The molecule has 6 nitrogen and oxygen atoms in total. The second-order valence-corrected chi connectivity index (χ2v) is 4.86. The molecule has 100 valence electrons. The Balaban J connectivity index is 3.90. The molecule has 0 aliphatic carbocycles. The normalized spacial score (nSPS) is 14.9. The zero-order chi connectivity index (χ0) is 13.6. The van der Waals surface area contributed by atoms with Crippen molar-refractivity contribution in [2.24, 2.45) is 0 Å². The smallest absolute Gasteiger partial charge is 0.407 e. The highest BCUT2D eigenvalue weighted by Crippen LogP contribution is 2.06. The van der Waals surface area contributed by atoms with Gasteiger partial charge in [-0.25, -0.2) is 9.59 Å². The molecule has 0 rings (SSSR count). The van der Waals surface area contributed by atoms with Crippen molar-refractivity contribution in [3.63, 3.8) is 0 Å². The lowest BCUT2D eigenvalue weighted by Crippen LogP contribution is -2.40. The van der Waals surface area contributed by atoms with Crippen LogP contribution in [0.2, 0.25) is 0 Å². The van der Waals surface area contributed by atoms with E-state index in [2.05, 4.69) is 5.32 Å². The molecular weight excluding hydrogens is 226 g/mol. The van der Waals surface area contributed by atoms with Gasteiger partial charge in [-0.3, -0.25) is 0 Å². The summed E-state index contributed by atoms with van der Waals surface area (Å²) < 4.78 is 10.1. The van der Waals surface area contributed by atoms with Crippen LogP contribution in [-0.2, 0) is 14.3 Å². The third-order valence-electron chi connectivity index (χ3n) is 1.71. The first kappa shape index (κ1) is 15.7. The molecular formula is C11H21NO5. The van der Waals surface area contributed by atoms with Crippen LogP contribution in [0.15, 0.2) is 0 Å². The summed E-state index contributed by atoms with van der Waals surface area (Å²) in [6.07, 6.45) is -1.44. The number of rotatable bonds is 5. The van der Waals surface area contributed by atoms with E-state index in [1.54, 1.807) is 27.7 Å². The van der Waals surface area contributed by atoms with Gasteiger partial charge in [0, 0.05) is 0 Å². The van der Waals surface area contributed by atoms with Crippen LogP contribution in [0.1, 0.15) is 34.6 Å². The van der Waals surface area contributed by atoms with E-state index in [1.165, 1.54) is 6.92 Å². The third-order valence-corrected chi connectivity index (χ3v) is 1.71. The molecule has 0 saturated carbocycles. The van der Waals surface area contributed by atoms with E-state index in [0.717, 1.165) is 0 Å². The summed E-state index contributed by atoms with van der Waals surface area (Å²) >= 11 is 0. The summed E-state index contributed by atoms with van der Waals surface area (Å²) in [5.41, 5.74) is -0.557. The monoisotopic (exact) mass is 247 g/mol. The van der Waals surface area contributed by atoms with Crippen molar-refractivity contribution in [1.82, 2.24) is 5.32 Å². The van der Waals surface area contributed by atoms with Gasteiger partial charge in [0.1, 0.15) is 5.60 Å². The van der Waals surface area contributed by atoms with Gasteiger partial charge in [0.2, 0.25) is 0 Å². The highest BCUT2D eigenvalue weighted by Gasteiger charge is 2.18. The van der Waals surface area contributed by atoms with E-state index in [9.17, 15) is 9.59 Å². The van der Waals surface area contributed by atoms with Crippen LogP contribution in [0.5, 0.6) is 0 Å². The number of carbonyl (C=O) groups is 2. The molecule has 0 aromatic carbocycles. The number of aliphatic carboxylic acids is 1. The Morgan fingerprint density at radius 2 is 1.82 bits per heavy atom. The quantitative estimate of drug-likeness (QED) is 0.766. The maximum absolute atomic E-state index is 11.3. The Kier molecular flexibility index (Phi) is 5.95. The van der Waals surface area contributed by atoms with Gasteiger partial charge in [-0.05, 0) is 34.6 Å². The van der Waals surface area contributed by atoms with Gasteiger partial charge in [0.05, 0.1) is 12.6 Å². The summed E-state index contributed by atoms with van der Waals surface area (Å²) in [4.78, 5) is 21.8. The van der Waals surface area contributed by atoms with Crippen LogP contribution in [0.25, 0.3) is 0 Å². The van der Waals surface area contributed by atoms with Crippen molar-refractivity contribution in [1.29, 1.82) is 0 Å². The number of carboxylic acid groups (broad SMARTS) is 1. The zero-order valence-electron chi connectivity index (χ0n) is 10.9. The Hall–Kier alpha value is -1.30. The van der Waals surface area contributed by atoms with Gasteiger partial charge in [0.25, 0.3) is 0 Å². The van der Waals surface area contributed by atoms with Crippen LogP contribution in [-0.4, -0.2) is 41.5 Å². The molecule has 0 fully saturated rings. The van der Waals surface area contributed by atoms with E-state index < -0.39 is 23.8 Å². The Morgan fingerprint density at radius 3 is 2.24 bits per heavy atom. The lowest BCUT2D eigenvalue weighted by atomic mass is 10.2. The van der Waals surface area contributed by atoms with E-state index in [0.29, 0.717) is 0 Å². The number of alkyl carbamates (subject to hydrolysis) is 1.